The maximum absolute atomic E-state index is 5.48. The van der Waals surface area contributed by atoms with Crippen LogP contribution in [0, 0.1) is 0 Å². The maximum Gasteiger partial charge on any atom is 0.205 e. The third-order valence-corrected chi connectivity index (χ3v) is 5.58. The van der Waals surface area contributed by atoms with Crippen LogP contribution in [0.1, 0.15) is 18.3 Å². The average molecular weight is 532 g/mol. The van der Waals surface area contributed by atoms with Gasteiger partial charge < -0.3 is 24.6 Å². The Bertz CT molecular complexity index is 808. The van der Waals surface area contributed by atoms with Gasteiger partial charge in [-0.05, 0) is 12.1 Å². The van der Waals surface area contributed by atoms with Gasteiger partial charge in [-0.2, -0.15) is 4.37 Å². The number of nitrogens with zero attached hydrogens (tertiary/aromatic N) is 5. The molecule has 0 saturated carbocycles. The molecule has 2 aromatic rings. The van der Waals surface area contributed by atoms with E-state index in [1.54, 1.807) is 14.2 Å². The van der Waals surface area contributed by atoms with Crippen molar-refractivity contribution in [1.29, 1.82) is 0 Å². The Labute approximate surface area is 193 Å². The first kappa shape index (κ1) is 23.5. The number of benzene rings is 1. The van der Waals surface area contributed by atoms with Gasteiger partial charge in [0.1, 0.15) is 17.3 Å². The van der Waals surface area contributed by atoms with Crippen LogP contribution in [-0.4, -0.2) is 67.7 Å². The zero-order valence-electron chi connectivity index (χ0n) is 17.3. The number of aryl methyl sites for hydroxylation is 1. The molecule has 160 valence electrons. The molecule has 0 bridgehead atoms. The number of ether oxygens (including phenoxy) is 2. The Balaban J connectivity index is 0.00000300. The highest BCUT2D eigenvalue weighted by Gasteiger charge is 2.22. The lowest BCUT2D eigenvalue weighted by molar-refractivity contribution is 0.370. The number of hydrogen-bond acceptors (Lipinski definition) is 7. The minimum atomic E-state index is 0. The third-order valence-electron chi connectivity index (χ3n) is 4.77. The molecule has 1 fully saturated rings. The fraction of sp³-hybridized carbons (Fsp3) is 0.526. The fourth-order valence-electron chi connectivity index (χ4n) is 3.13. The van der Waals surface area contributed by atoms with Crippen molar-refractivity contribution in [3.05, 3.63) is 29.6 Å². The Morgan fingerprint density at radius 2 is 1.97 bits per heavy atom. The Morgan fingerprint density at radius 1 is 1.21 bits per heavy atom. The van der Waals surface area contributed by atoms with Gasteiger partial charge in [-0.15, -0.1) is 24.0 Å². The lowest BCUT2D eigenvalue weighted by atomic mass is 10.2. The summed E-state index contributed by atoms with van der Waals surface area (Å²) in [5.74, 6) is 3.40. The molecule has 0 radical (unpaired) electrons. The van der Waals surface area contributed by atoms with Gasteiger partial charge in [-0.25, -0.2) is 4.98 Å². The number of aromatic nitrogens is 2. The molecular weight excluding hydrogens is 503 g/mol. The van der Waals surface area contributed by atoms with Gasteiger partial charge in [0.2, 0.25) is 5.13 Å². The van der Waals surface area contributed by atoms with Gasteiger partial charge >= 0.3 is 0 Å². The van der Waals surface area contributed by atoms with Gasteiger partial charge in [0.05, 0.1) is 14.2 Å². The molecule has 1 N–H and O–H groups in total. The monoisotopic (exact) mass is 532 g/mol. The van der Waals surface area contributed by atoms with Crippen molar-refractivity contribution < 1.29 is 9.47 Å². The smallest absolute Gasteiger partial charge is 0.205 e. The van der Waals surface area contributed by atoms with E-state index in [0.29, 0.717) is 6.54 Å². The third kappa shape index (κ3) is 5.84. The van der Waals surface area contributed by atoms with Gasteiger partial charge in [-0.1, -0.05) is 6.92 Å². The minimum absolute atomic E-state index is 0. The number of piperazine rings is 1. The summed E-state index contributed by atoms with van der Waals surface area (Å²) in [7, 11) is 5.14. The van der Waals surface area contributed by atoms with E-state index in [4.69, 9.17) is 9.47 Å². The van der Waals surface area contributed by atoms with Crippen molar-refractivity contribution in [2.24, 2.45) is 4.99 Å². The highest BCUT2D eigenvalue weighted by molar-refractivity contribution is 14.0. The highest BCUT2D eigenvalue weighted by Crippen LogP contribution is 2.24. The molecule has 1 aromatic carbocycles. The van der Waals surface area contributed by atoms with E-state index in [-0.39, 0.29) is 24.0 Å². The van der Waals surface area contributed by atoms with Gasteiger partial charge in [0.15, 0.2) is 5.96 Å². The first-order chi connectivity index (χ1) is 13.7. The molecule has 0 aliphatic carbocycles. The Kier molecular flexibility index (Phi) is 9.21. The van der Waals surface area contributed by atoms with Crippen molar-refractivity contribution in [1.82, 2.24) is 19.6 Å². The highest BCUT2D eigenvalue weighted by atomic mass is 127. The summed E-state index contributed by atoms with van der Waals surface area (Å²) in [6.07, 6.45) is 0.877. The van der Waals surface area contributed by atoms with Crippen LogP contribution in [0.2, 0.25) is 0 Å². The van der Waals surface area contributed by atoms with Gasteiger partial charge in [0.25, 0.3) is 0 Å². The van der Waals surface area contributed by atoms with E-state index in [1.165, 1.54) is 11.5 Å². The second-order valence-corrected chi connectivity index (χ2v) is 7.13. The van der Waals surface area contributed by atoms with Crippen molar-refractivity contribution in [3.8, 4) is 11.5 Å². The standard InChI is InChI=1S/C19H28N6O2S.HI/c1-5-17-22-19(28-23-17)25-10-8-24(9-11-25)18(20-2)21-13-14-6-7-15(26-3)12-16(14)27-4;/h6-7,12H,5,8-11,13H2,1-4H3,(H,20,21);1H. The first-order valence-corrected chi connectivity index (χ1v) is 10.2. The van der Waals surface area contributed by atoms with E-state index >= 15 is 0 Å². The number of aliphatic imine (C=N–C) groups is 1. The fourth-order valence-corrected chi connectivity index (χ4v) is 3.93. The lowest BCUT2D eigenvalue weighted by Gasteiger charge is -2.36. The molecule has 1 aliphatic rings. The van der Waals surface area contributed by atoms with Crippen LogP contribution in [0.25, 0.3) is 0 Å². The Morgan fingerprint density at radius 3 is 2.55 bits per heavy atom. The molecule has 0 spiro atoms. The molecular formula is C19H29IN6O2S. The van der Waals surface area contributed by atoms with Crippen LogP contribution >= 0.6 is 35.5 Å². The summed E-state index contributed by atoms with van der Waals surface area (Å²) in [5.41, 5.74) is 1.06. The molecule has 29 heavy (non-hydrogen) atoms. The molecule has 1 saturated heterocycles. The molecule has 1 aromatic heterocycles. The van der Waals surface area contributed by atoms with E-state index in [0.717, 1.165) is 66.6 Å². The van der Waals surface area contributed by atoms with E-state index < -0.39 is 0 Å². The molecule has 1 aliphatic heterocycles. The summed E-state index contributed by atoms with van der Waals surface area (Å²) in [5, 5.41) is 4.46. The lowest BCUT2D eigenvalue weighted by Crippen LogP contribution is -2.52. The minimum Gasteiger partial charge on any atom is -0.497 e. The molecule has 8 nitrogen and oxygen atoms in total. The largest absolute Gasteiger partial charge is 0.497 e. The maximum atomic E-state index is 5.48. The van der Waals surface area contributed by atoms with Crippen LogP contribution in [-0.2, 0) is 13.0 Å². The van der Waals surface area contributed by atoms with Crippen LogP contribution in [0.4, 0.5) is 5.13 Å². The number of guanidine groups is 1. The van der Waals surface area contributed by atoms with Gasteiger partial charge in [0, 0.05) is 69.4 Å². The number of rotatable bonds is 6. The van der Waals surface area contributed by atoms with Crippen molar-refractivity contribution in [2.45, 2.75) is 19.9 Å². The van der Waals surface area contributed by atoms with Crippen molar-refractivity contribution >= 4 is 46.6 Å². The summed E-state index contributed by atoms with van der Waals surface area (Å²) < 4.78 is 15.1. The Hall–Kier alpha value is -1.82. The topological polar surface area (TPSA) is 75.1 Å². The number of anilines is 1. The van der Waals surface area contributed by atoms with E-state index in [9.17, 15) is 0 Å². The van der Waals surface area contributed by atoms with Crippen molar-refractivity contribution in [3.63, 3.8) is 0 Å². The normalized spacial score (nSPS) is 14.4. The molecule has 0 amide bonds. The van der Waals surface area contributed by atoms with Crippen LogP contribution in [0.5, 0.6) is 11.5 Å². The number of hydrogen-bond donors (Lipinski definition) is 1. The summed E-state index contributed by atoms with van der Waals surface area (Å²) in [6.45, 7) is 6.31. The second kappa shape index (κ2) is 11.4. The predicted octanol–water partition coefficient (Wildman–Crippen LogP) is 2.63. The number of nitrogens with one attached hydrogen (secondary N) is 1. The summed E-state index contributed by atoms with van der Waals surface area (Å²) >= 11 is 1.49. The molecule has 2 heterocycles. The number of methoxy groups -OCH3 is 2. The quantitative estimate of drug-likeness (QED) is 0.349. The van der Waals surface area contributed by atoms with Crippen molar-refractivity contribution in [2.75, 3.05) is 52.3 Å². The zero-order valence-corrected chi connectivity index (χ0v) is 20.5. The predicted molar refractivity (Wildman–Crippen MR) is 128 cm³/mol. The van der Waals surface area contributed by atoms with Crippen LogP contribution in [0.15, 0.2) is 23.2 Å². The van der Waals surface area contributed by atoms with E-state index in [1.807, 2.05) is 25.2 Å². The molecule has 0 atom stereocenters. The molecule has 3 rings (SSSR count). The average Bonchev–Trinajstić information content (AvgIpc) is 3.24. The molecule has 0 unspecified atom stereocenters. The van der Waals surface area contributed by atoms with Gasteiger partial charge in [-0.3, -0.25) is 4.99 Å². The number of halogens is 1. The molecule has 10 heteroatoms. The second-order valence-electron chi connectivity index (χ2n) is 6.40. The summed E-state index contributed by atoms with van der Waals surface area (Å²) in [6, 6.07) is 5.84. The van der Waals surface area contributed by atoms with Crippen LogP contribution in [0.3, 0.4) is 0 Å². The zero-order chi connectivity index (χ0) is 19.9. The van der Waals surface area contributed by atoms with E-state index in [2.05, 4.69) is 36.4 Å². The SMILES string of the molecule is CCc1nsc(N2CCN(C(=NC)NCc3ccc(OC)cc3OC)CC2)n1.I. The first-order valence-electron chi connectivity index (χ1n) is 9.42. The summed E-state index contributed by atoms with van der Waals surface area (Å²) in [4.78, 5) is 13.6. The van der Waals surface area contributed by atoms with Crippen LogP contribution < -0.4 is 19.7 Å².